The van der Waals surface area contributed by atoms with Gasteiger partial charge in [0.15, 0.2) is 0 Å². The largest absolute Gasteiger partial charge is 0.462 e. The van der Waals surface area contributed by atoms with Gasteiger partial charge in [-0.3, -0.25) is 9.80 Å². The minimum absolute atomic E-state index is 0.0560. The Balaban J connectivity index is 2.64. The van der Waals surface area contributed by atoms with E-state index >= 15 is 0 Å². The molecule has 1 aromatic carbocycles. The number of esters is 1. The lowest BCUT2D eigenvalue weighted by atomic mass is 10.1. The molecule has 0 saturated heterocycles. The fourth-order valence-corrected chi connectivity index (χ4v) is 2.36. The van der Waals surface area contributed by atoms with Crippen molar-refractivity contribution < 1.29 is 9.53 Å². The Labute approximate surface area is 140 Å². The zero-order valence-electron chi connectivity index (χ0n) is 14.4. The van der Waals surface area contributed by atoms with E-state index in [1.165, 1.54) is 0 Å². The normalized spacial score (nSPS) is 11.2. The summed E-state index contributed by atoms with van der Waals surface area (Å²) in [6.45, 7) is 4.65. The third-order valence-electron chi connectivity index (χ3n) is 3.36. The van der Waals surface area contributed by atoms with Crippen LogP contribution in [-0.2, 0) is 11.3 Å². The Kier molecular flexibility index (Phi) is 5.68. The lowest BCUT2D eigenvalue weighted by molar-refractivity contribution is 0.0524. The van der Waals surface area contributed by atoms with E-state index in [1.807, 2.05) is 11.5 Å². The minimum atomic E-state index is -0.592. The molecule has 1 heterocycles. The van der Waals surface area contributed by atoms with Gasteiger partial charge >= 0.3 is 5.97 Å². The van der Waals surface area contributed by atoms with Crippen molar-refractivity contribution in [3.8, 4) is 0 Å². The summed E-state index contributed by atoms with van der Waals surface area (Å²) in [5.74, 6) is -0.592. The maximum Gasteiger partial charge on any atom is 0.343 e. The van der Waals surface area contributed by atoms with Crippen LogP contribution in [0.3, 0.4) is 0 Å². The lowest BCUT2D eigenvalue weighted by Gasteiger charge is -2.12. The third kappa shape index (κ3) is 3.79. The number of pyridine rings is 1. The molecule has 0 bridgehead atoms. The molecule has 0 atom stereocenters. The molecule has 0 amide bonds. The van der Waals surface area contributed by atoms with Gasteiger partial charge in [-0.2, -0.15) is 0 Å². The first kappa shape index (κ1) is 17.7. The highest BCUT2D eigenvalue weighted by molar-refractivity contribution is 5.94. The third-order valence-corrected chi connectivity index (χ3v) is 3.36. The molecule has 7 heteroatoms. The van der Waals surface area contributed by atoms with Gasteiger partial charge in [-0.05, 0) is 31.5 Å². The topological polar surface area (TPSA) is 76.3 Å². The van der Waals surface area contributed by atoms with E-state index in [4.69, 9.17) is 4.74 Å². The quantitative estimate of drug-likeness (QED) is 0.463. The van der Waals surface area contributed by atoms with E-state index < -0.39 is 5.97 Å². The molecular formula is C17H22N4O3. The molecule has 7 nitrogen and oxygen atoms in total. The first-order chi connectivity index (χ1) is 11.5. The predicted molar refractivity (Wildman–Crippen MR) is 92.7 cm³/mol. The molecule has 0 saturated carbocycles. The van der Waals surface area contributed by atoms with Crippen molar-refractivity contribution >= 4 is 22.6 Å². The fraction of sp³-hybridized carbons (Fsp3) is 0.412. The molecule has 2 rings (SSSR count). The van der Waals surface area contributed by atoms with Gasteiger partial charge in [0.2, 0.25) is 5.43 Å². The number of fused-ring (bicyclic) bond motifs is 1. The Morgan fingerprint density at radius 3 is 2.67 bits per heavy atom. The molecule has 0 spiro atoms. The van der Waals surface area contributed by atoms with Crippen LogP contribution in [0, 0.1) is 0 Å². The van der Waals surface area contributed by atoms with Crippen LogP contribution in [0.4, 0.5) is 5.69 Å². The molecular weight excluding hydrogens is 308 g/mol. The van der Waals surface area contributed by atoms with E-state index in [0.29, 0.717) is 17.6 Å². The first-order valence-corrected chi connectivity index (χ1v) is 7.91. The molecule has 0 aliphatic heterocycles. The van der Waals surface area contributed by atoms with Crippen molar-refractivity contribution in [2.75, 3.05) is 20.7 Å². The maximum atomic E-state index is 12.6. The van der Waals surface area contributed by atoms with E-state index in [2.05, 4.69) is 10.3 Å². The highest BCUT2D eigenvalue weighted by Gasteiger charge is 2.16. The van der Waals surface area contributed by atoms with Crippen molar-refractivity contribution in [3.63, 3.8) is 0 Å². The number of carbonyl (C=O) groups is 1. The van der Waals surface area contributed by atoms with Crippen LogP contribution in [0.25, 0.3) is 10.9 Å². The zero-order chi connectivity index (χ0) is 17.7. The molecule has 128 valence electrons. The summed E-state index contributed by atoms with van der Waals surface area (Å²) in [5.41, 5.74) is 1.10. The van der Waals surface area contributed by atoms with Crippen molar-refractivity contribution in [1.29, 1.82) is 0 Å². The van der Waals surface area contributed by atoms with Crippen molar-refractivity contribution in [2.24, 2.45) is 10.3 Å². The van der Waals surface area contributed by atoms with Crippen LogP contribution in [0.15, 0.2) is 39.5 Å². The summed E-state index contributed by atoms with van der Waals surface area (Å²) in [6.07, 6.45) is 2.43. The zero-order valence-corrected chi connectivity index (χ0v) is 14.4. The first-order valence-electron chi connectivity index (χ1n) is 7.91. The monoisotopic (exact) mass is 330 g/mol. The molecule has 1 aromatic heterocycles. The lowest BCUT2D eigenvalue weighted by Crippen LogP contribution is -2.21. The van der Waals surface area contributed by atoms with Gasteiger partial charge in [0.1, 0.15) is 5.56 Å². The summed E-state index contributed by atoms with van der Waals surface area (Å²) in [7, 11) is 3.56. The summed E-state index contributed by atoms with van der Waals surface area (Å²) in [4.78, 5) is 24.6. The number of nitrogens with zero attached hydrogens (tertiary/aromatic N) is 4. The van der Waals surface area contributed by atoms with E-state index in [9.17, 15) is 9.59 Å². The van der Waals surface area contributed by atoms with Gasteiger partial charge in [-0.1, -0.05) is 12.1 Å². The Bertz CT molecular complexity index is 824. The highest BCUT2D eigenvalue weighted by atomic mass is 16.5. The highest BCUT2D eigenvalue weighted by Crippen LogP contribution is 2.21. The summed E-state index contributed by atoms with van der Waals surface area (Å²) >= 11 is 0. The van der Waals surface area contributed by atoms with Crippen LogP contribution < -0.4 is 5.43 Å². The van der Waals surface area contributed by atoms with Gasteiger partial charge in [0.05, 0.1) is 17.8 Å². The summed E-state index contributed by atoms with van der Waals surface area (Å²) in [6, 6.07) is 5.19. The molecule has 0 aliphatic carbocycles. The molecule has 24 heavy (non-hydrogen) atoms. The number of aryl methyl sites for hydroxylation is 1. The summed E-state index contributed by atoms with van der Waals surface area (Å²) in [5, 5.41) is 10.1. The molecule has 2 aromatic rings. The number of aromatic nitrogens is 1. The van der Waals surface area contributed by atoms with Crippen molar-refractivity contribution in [1.82, 2.24) is 9.58 Å². The second-order valence-electron chi connectivity index (χ2n) is 5.52. The Hall–Kier alpha value is -2.70. The van der Waals surface area contributed by atoms with Gasteiger partial charge in [0.25, 0.3) is 0 Å². The fourth-order valence-electron chi connectivity index (χ4n) is 2.36. The Morgan fingerprint density at radius 1 is 1.29 bits per heavy atom. The number of hydrogen-bond acceptors (Lipinski definition) is 5. The van der Waals surface area contributed by atoms with Crippen molar-refractivity contribution in [2.45, 2.75) is 26.8 Å². The predicted octanol–water partition coefficient (Wildman–Crippen LogP) is 3.15. The number of rotatable bonds is 6. The average molecular weight is 330 g/mol. The van der Waals surface area contributed by atoms with E-state index in [-0.39, 0.29) is 17.6 Å². The summed E-state index contributed by atoms with van der Waals surface area (Å²) < 4.78 is 6.87. The number of ether oxygens (including phenoxy) is 1. The SMILES string of the molecule is CCCn1cc(C(=O)OCC)c(=O)c2ccc(N=NN(C)C)cc21. The van der Waals surface area contributed by atoms with Gasteiger partial charge < -0.3 is 9.30 Å². The molecule has 0 N–H and O–H groups in total. The molecule has 0 aliphatic rings. The smallest absolute Gasteiger partial charge is 0.343 e. The van der Waals surface area contributed by atoms with E-state index in [0.717, 1.165) is 11.9 Å². The second-order valence-corrected chi connectivity index (χ2v) is 5.52. The van der Waals surface area contributed by atoms with Crippen LogP contribution in [-0.4, -0.2) is 36.2 Å². The Morgan fingerprint density at radius 2 is 2.04 bits per heavy atom. The van der Waals surface area contributed by atoms with Crippen molar-refractivity contribution in [3.05, 3.63) is 40.2 Å². The number of hydrogen-bond donors (Lipinski definition) is 0. The van der Waals surface area contributed by atoms with E-state index in [1.54, 1.807) is 50.4 Å². The number of benzene rings is 1. The van der Waals surface area contributed by atoms with Crippen LogP contribution in [0.1, 0.15) is 30.6 Å². The molecule has 0 unspecified atom stereocenters. The second kappa shape index (κ2) is 7.72. The molecule has 0 radical (unpaired) electrons. The van der Waals surface area contributed by atoms with Crippen LogP contribution in [0.5, 0.6) is 0 Å². The minimum Gasteiger partial charge on any atom is -0.462 e. The van der Waals surface area contributed by atoms with Crippen LogP contribution in [0.2, 0.25) is 0 Å². The van der Waals surface area contributed by atoms with Gasteiger partial charge in [-0.25, -0.2) is 4.79 Å². The van der Waals surface area contributed by atoms with Gasteiger partial charge in [0, 0.05) is 32.2 Å². The maximum absolute atomic E-state index is 12.6. The number of carbonyl (C=O) groups excluding carboxylic acids is 1. The van der Waals surface area contributed by atoms with Crippen LogP contribution >= 0.6 is 0 Å². The molecule has 0 fully saturated rings. The van der Waals surface area contributed by atoms with Gasteiger partial charge in [-0.15, -0.1) is 5.11 Å². The standard InChI is InChI=1S/C17H22N4O3/c1-5-9-21-11-14(17(23)24-6-2)16(22)13-8-7-12(10-15(13)21)18-19-20(3)4/h7-8,10-11H,5-6,9H2,1-4H3. The average Bonchev–Trinajstić information content (AvgIpc) is 2.55.